The van der Waals surface area contributed by atoms with E-state index in [9.17, 15) is 9.59 Å². The number of rotatable bonds is 6. The van der Waals surface area contributed by atoms with Gasteiger partial charge in [0.2, 0.25) is 5.76 Å². The third kappa shape index (κ3) is 6.31. The highest BCUT2D eigenvalue weighted by atomic mass is 16.6. The monoisotopic (exact) mass is 298 g/mol. The first-order chi connectivity index (χ1) is 9.83. The Bertz CT molecular complexity index is 476. The van der Waals surface area contributed by atoms with Crippen molar-refractivity contribution >= 4 is 12.1 Å². The Morgan fingerprint density at radius 3 is 2.62 bits per heavy atom. The van der Waals surface area contributed by atoms with Crippen molar-refractivity contribution in [2.24, 2.45) is 0 Å². The Morgan fingerprint density at radius 2 is 2.00 bits per heavy atom. The van der Waals surface area contributed by atoms with Crippen LogP contribution in [0.15, 0.2) is 16.7 Å². The predicted octanol–water partition coefficient (Wildman–Crippen LogP) is 1.68. The zero-order valence-corrected chi connectivity index (χ0v) is 12.8. The molecule has 0 atom stereocenters. The minimum absolute atomic E-state index is 0.185. The lowest BCUT2D eigenvalue weighted by molar-refractivity contribution is 0.0526. The molecule has 0 fully saturated rings. The summed E-state index contributed by atoms with van der Waals surface area (Å²) in [5.74, 6) is -0.325. The van der Waals surface area contributed by atoms with Crippen LogP contribution in [0.5, 0.6) is 0 Å². The van der Waals surface area contributed by atoms with Crippen LogP contribution in [0.4, 0.5) is 4.79 Å². The fraction of sp³-hybridized carbons (Fsp3) is 0.571. The van der Waals surface area contributed by atoms with E-state index in [0.29, 0.717) is 25.2 Å². The molecule has 7 nitrogen and oxygen atoms in total. The molecule has 0 spiro atoms. The van der Waals surface area contributed by atoms with Gasteiger partial charge in [-0.1, -0.05) is 0 Å². The van der Waals surface area contributed by atoms with Gasteiger partial charge in [0, 0.05) is 25.2 Å². The lowest BCUT2D eigenvalue weighted by Gasteiger charge is -2.19. The van der Waals surface area contributed by atoms with Crippen molar-refractivity contribution in [3.8, 4) is 0 Å². The van der Waals surface area contributed by atoms with Gasteiger partial charge in [-0.2, -0.15) is 0 Å². The van der Waals surface area contributed by atoms with E-state index in [0.717, 1.165) is 0 Å². The second kappa shape index (κ2) is 7.68. The second-order valence-corrected chi connectivity index (χ2v) is 5.37. The summed E-state index contributed by atoms with van der Waals surface area (Å²) in [5, 5.41) is 5.72. The zero-order chi connectivity index (χ0) is 15.9. The van der Waals surface area contributed by atoms with Gasteiger partial charge < -0.3 is 24.5 Å². The van der Waals surface area contributed by atoms with E-state index >= 15 is 0 Å². The average molecular weight is 298 g/mol. The number of hydrogen-bond donors (Lipinski definition) is 2. The topological polar surface area (TPSA) is 89.8 Å². The summed E-state index contributed by atoms with van der Waals surface area (Å²) in [4.78, 5) is 22.8. The lowest BCUT2D eigenvalue weighted by atomic mass is 10.2. The van der Waals surface area contributed by atoms with Crippen LogP contribution < -0.4 is 10.6 Å². The summed E-state index contributed by atoms with van der Waals surface area (Å²) >= 11 is 0. The van der Waals surface area contributed by atoms with Crippen LogP contribution in [0.1, 0.15) is 36.9 Å². The molecule has 0 radical (unpaired) electrons. The molecule has 2 N–H and O–H groups in total. The van der Waals surface area contributed by atoms with Gasteiger partial charge in [-0.3, -0.25) is 0 Å². The minimum atomic E-state index is -0.510. The molecule has 7 heteroatoms. The van der Waals surface area contributed by atoms with Crippen LogP contribution in [-0.4, -0.2) is 37.9 Å². The summed E-state index contributed by atoms with van der Waals surface area (Å²) in [6, 6.07) is 1.69. The third-order valence-electron chi connectivity index (χ3n) is 2.40. The highest BCUT2D eigenvalue weighted by Gasteiger charge is 2.16. The van der Waals surface area contributed by atoms with Crippen molar-refractivity contribution in [2.75, 3.05) is 20.2 Å². The second-order valence-electron chi connectivity index (χ2n) is 5.37. The zero-order valence-electron chi connectivity index (χ0n) is 12.8. The smallest absolute Gasteiger partial charge is 0.407 e. The summed E-state index contributed by atoms with van der Waals surface area (Å²) in [7, 11) is 1.30. The molecule has 1 amide bonds. The maximum atomic E-state index is 11.4. The molecule has 0 unspecified atom stereocenters. The van der Waals surface area contributed by atoms with Gasteiger partial charge in [-0.15, -0.1) is 0 Å². The van der Waals surface area contributed by atoms with Crippen molar-refractivity contribution in [2.45, 2.75) is 32.9 Å². The molecule has 0 bridgehead atoms. The molecule has 21 heavy (non-hydrogen) atoms. The Balaban J connectivity index is 2.25. The highest BCUT2D eigenvalue weighted by Crippen LogP contribution is 2.11. The van der Waals surface area contributed by atoms with Gasteiger partial charge in [0.1, 0.15) is 5.60 Å². The maximum absolute atomic E-state index is 11.4. The van der Waals surface area contributed by atoms with Crippen LogP contribution in [0.25, 0.3) is 0 Å². The summed E-state index contributed by atoms with van der Waals surface area (Å²) < 4.78 is 14.8. The number of methoxy groups -OCH3 is 1. The first-order valence-corrected chi connectivity index (χ1v) is 6.65. The first kappa shape index (κ1) is 17.0. The summed E-state index contributed by atoms with van der Waals surface area (Å²) in [6.07, 6.45) is 0.977. The van der Waals surface area contributed by atoms with E-state index in [-0.39, 0.29) is 5.76 Å². The molecule has 1 rings (SSSR count). The average Bonchev–Trinajstić information content (AvgIpc) is 2.83. The Hall–Kier alpha value is -2.02. The molecule has 1 heterocycles. The number of carbonyl (C=O) groups is 2. The molecule has 0 aliphatic carbocycles. The van der Waals surface area contributed by atoms with E-state index in [4.69, 9.17) is 9.15 Å². The van der Waals surface area contributed by atoms with Crippen molar-refractivity contribution < 1.29 is 23.5 Å². The number of amides is 1. The molecule has 0 aromatic carbocycles. The molecule has 1 aromatic heterocycles. The highest BCUT2D eigenvalue weighted by molar-refractivity contribution is 5.87. The molecule has 0 saturated heterocycles. The van der Waals surface area contributed by atoms with Crippen molar-refractivity contribution in [3.63, 3.8) is 0 Å². The first-order valence-electron chi connectivity index (χ1n) is 6.65. The summed E-state index contributed by atoms with van der Waals surface area (Å²) in [6.45, 7) is 6.80. The molecular formula is C14H22N2O5. The maximum Gasteiger partial charge on any atom is 0.407 e. The van der Waals surface area contributed by atoms with Gasteiger partial charge in [-0.25, -0.2) is 9.59 Å². The molecule has 0 aliphatic rings. The normalized spacial score (nSPS) is 11.0. The molecular weight excluding hydrogens is 276 g/mol. The Kier molecular flexibility index (Phi) is 6.23. The van der Waals surface area contributed by atoms with E-state index < -0.39 is 17.7 Å². The van der Waals surface area contributed by atoms with Crippen LogP contribution in [0.2, 0.25) is 0 Å². The van der Waals surface area contributed by atoms with Gasteiger partial charge in [0.25, 0.3) is 0 Å². The Morgan fingerprint density at radius 1 is 1.29 bits per heavy atom. The van der Waals surface area contributed by atoms with Crippen LogP contribution in [-0.2, 0) is 16.0 Å². The molecule has 0 aliphatic heterocycles. The fourth-order valence-corrected chi connectivity index (χ4v) is 1.54. The number of hydrogen-bond acceptors (Lipinski definition) is 6. The molecule has 1 aromatic rings. The predicted molar refractivity (Wildman–Crippen MR) is 76.0 cm³/mol. The number of carbonyl (C=O) groups excluding carboxylic acids is 2. The van der Waals surface area contributed by atoms with Crippen molar-refractivity contribution in [3.05, 3.63) is 23.7 Å². The quantitative estimate of drug-likeness (QED) is 0.613. The Labute approximate surface area is 124 Å². The number of furan rings is 1. The number of nitrogens with one attached hydrogen (secondary N) is 2. The minimum Gasteiger partial charge on any atom is -0.463 e. The van der Waals surface area contributed by atoms with Crippen LogP contribution in [0, 0.1) is 0 Å². The van der Waals surface area contributed by atoms with Crippen LogP contribution >= 0.6 is 0 Å². The van der Waals surface area contributed by atoms with E-state index in [2.05, 4.69) is 15.4 Å². The lowest BCUT2D eigenvalue weighted by Crippen LogP contribution is -2.36. The number of ether oxygens (including phenoxy) is 2. The van der Waals surface area contributed by atoms with E-state index in [1.54, 1.807) is 26.8 Å². The van der Waals surface area contributed by atoms with Gasteiger partial charge in [0.15, 0.2) is 0 Å². The third-order valence-corrected chi connectivity index (χ3v) is 2.40. The molecule has 118 valence electrons. The van der Waals surface area contributed by atoms with Crippen LogP contribution in [0.3, 0.4) is 0 Å². The largest absolute Gasteiger partial charge is 0.463 e. The van der Waals surface area contributed by atoms with Gasteiger partial charge in [0.05, 0.1) is 13.4 Å². The molecule has 0 saturated carbocycles. The van der Waals surface area contributed by atoms with Gasteiger partial charge in [-0.05, 0) is 26.8 Å². The number of alkyl carbamates (subject to hydrolysis) is 1. The van der Waals surface area contributed by atoms with E-state index in [1.807, 2.05) is 0 Å². The standard InChI is InChI=1S/C14H22N2O5/c1-14(2,3)21-13(18)16-7-6-15-9-10-5-8-20-11(10)12(17)19-4/h5,8,15H,6-7,9H2,1-4H3,(H,16,18). The van der Waals surface area contributed by atoms with Crippen molar-refractivity contribution in [1.82, 2.24) is 10.6 Å². The SMILES string of the molecule is COC(=O)c1occc1CNCCNC(=O)OC(C)(C)C. The van der Waals surface area contributed by atoms with E-state index in [1.165, 1.54) is 13.4 Å². The van der Waals surface area contributed by atoms with Crippen molar-refractivity contribution in [1.29, 1.82) is 0 Å². The summed E-state index contributed by atoms with van der Waals surface area (Å²) in [5.41, 5.74) is 0.197. The van der Waals surface area contributed by atoms with Gasteiger partial charge >= 0.3 is 12.1 Å². The fourth-order valence-electron chi connectivity index (χ4n) is 1.54. The number of esters is 1.